The highest BCUT2D eigenvalue weighted by Crippen LogP contribution is 2.19. The SMILES string of the molecule is CCN1CCCC(Nc2nccc(C(=O)O)c2F)C1. The normalized spacial score (nSPS) is 20.2. The highest BCUT2D eigenvalue weighted by atomic mass is 19.1. The zero-order chi connectivity index (χ0) is 13.8. The number of aromatic nitrogens is 1. The molecule has 1 aliphatic heterocycles. The van der Waals surface area contributed by atoms with E-state index >= 15 is 0 Å². The van der Waals surface area contributed by atoms with Crippen LogP contribution in [0.25, 0.3) is 0 Å². The number of rotatable bonds is 4. The molecule has 6 heteroatoms. The van der Waals surface area contributed by atoms with Crippen molar-refractivity contribution in [3.63, 3.8) is 0 Å². The van der Waals surface area contributed by atoms with Crippen LogP contribution in [-0.4, -0.2) is 46.6 Å². The molecule has 0 amide bonds. The van der Waals surface area contributed by atoms with Crippen molar-refractivity contribution in [1.82, 2.24) is 9.88 Å². The number of halogens is 1. The smallest absolute Gasteiger partial charge is 0.338 e. The lowest BCUT2D eigenvalue weighted by atomic mass is 10.1. The number of hydrogen-bond donors (Lipinski definition) is 2. The molecule has 104 valence electrons. The van der Waals surface area contributed by atoms with Gasteiger partial charge in [0, 0.05) is 18.8 Å². The Bertz CT molecular complexity index is 467. The van der Waals surface area contributed by atoms with Crippen LogP contribution in [0.2, 0.25) is 0 Å². The molecule has 5 nitrogen and oxygen atoms in total. The number of likely N-dealkylation sites (N-methyl/N-ethyl adjacent to an activating group) is 1. The summed E-state index contributed by atoms with van der Waals surface area (Å²) in [5.41, 5.74) is -0.347. The lowest BCUT2D eigenvalue weighted by molar-refractivity contribution is 0.0692. The van der Waals surface area contributed by atoms with Crippen molar-refractivity contribution < 1.29 is 14.3 Å². The molecule has 1 aliphatic rings. The van der Waals surface area contributed by atoms with E-state index in [2.05, 4.69) is 22.1 Å². The van der Waals surface area contributed by atoms with Crippen molar-refractivity contribution in [3.8, 4) is 0 Å². The van der Waals surface area contributed by atoms with Gasteiger partial charge in [0.1, 0.15) is 5.56 Å². The molecule has 1 aromatic heterocycles. The maximum Gasteiger partial charge on any atom is 0.338 e. The predicted octanol–water partition coefficient (Wildman–Crippen LogP) is 1.82. The van der Waals surface area contributed by atoms with E-state index in [0.29, 0.717) is 0 Å². The monoisotopic (exact) mass is 267 g/mol. The summed E-state index contributed by atoms with van der Waals surface area (Å²) in [4.78, 5) is 17.0. The molecule has 1 atom stereocenters. The van der Waals surface area contributed by atoms with Crippen LogP contribution in [0.4, 0.5) is 10.2 Å². The van der Waals surface area contributed by atoms with E-state index in [1.54, 1.807) is 0 Å². The van der Waals surface area contributed by atoms with Gasteiger partial charge in [0.25, 0.3) is 0 Å². The summed E-state index contributed by atoms with van der Waals surface area (Å²) in [6, 6.07) is 1.28. The minimum atomic E-state index is -1.28. The summed E-state index contributed by atoms with van der Waals surface area (Å²) >= 11 is 0. The number of carboxylic acids is 1. The molecule has 0 spiro atoms. The van der Waals surface area contributed by atoms with Gasteiger partial charge in [0.15, 0.2) is 11.6 Å². The maximum atomic E-state index is 13.9. The number of nitrogens with one attached hydrogen (secondary N) is 1. The number of likely N-dealkylation sites (tertiary alicyclic amines) is 1. The summed E-state index contributed by atoms with van der Waals surface area (Å²) in [6.45, 7) is 4.93. The first-order valence-corrected chi connectivity index (χ1v) is 6.48. The molecule has 0 aromatic carbocycles. The van der Waals surface area contributed by atoms with Gasteiger partial charge in [-0.2, -0.15) is 0 Å². The molecule has 0 bridgehead atoms. The Morgan fingerprint density at radius 3 is 3.16 bits per heavy atom. The Balaban J connectivity index is 2.10. The third kappa shape index (κ3) is 3.20. The molecular formula is C13H18FN3O2. The van der Waals surface area contributed by atoms with Crippen LogP contribution in [0.15, 0.2) is 12.3 Å². The molecule has 2 heterocycles. The summed E-state index contributed by atoms with van der Waals surface area (Å²) in [5.74, 6) is -2.03. The highest BCUT2D eigenvalue weighted by molar-refractivity contribution is 5.88. The Morgan fingerprint density at radius 1 is 1.68 bits per heavy atom. The van der Waals surface area contributed by atoms with Crippen LogP contribution in [-0.2, 0) is 0 Å². The standard InChI is InChI=1S/C13H18FN3O2/c1-2-17-7-3-4-9(8-17)16-12-11(14)10(13(18)19)5-6-15-12/h5-6,9H,2-4,7-8H2,1H3,(H,15,16)(H,18,19). The number of carboxylic acid groups (broad SMARTS) is 1. The number of pyridine rings is 1. The van der Waals surface area contributed by atoms with Gasteiger partial charge in [0.2, 0.25) is 0 Å². The minimum Gasteiger partial charge on any atom is -0.478 e. The molecular weight excluding hydrogens is 249 g/mol. The van der Waals surface area contributed by atoms with E-state index in [-0.39, 0.29) is 17.4 Å². The average molecular weight is 267 g/mol. The molecule has 19 heavy (non-hydrogen) atoms. The Labute approximate surface area is 111 Å². The Kier molecular flexibility index (Phi) is 4.31. The number of anilines is 1. The van der Waals surface area contributed by atoms with Gasteiger partial charge in [0.05, 0.1) is 0 Å². The average Bonchev–Trinajstić information content (AvgIpc) is 2.41. The van der Waals surface area contributed by atoms with Crippen molar-refractivity contribution in [3.05, 3.63) is 23.6 Å². The Hall–Kier alpha value is -1.69. The third-order valence-electron chi connectivity index (χ3n) is 3.41. The van der Waals surface area contributed by atoms with Crippen molar-refractivity contribution in [1.29, 1.82) is 0 Å². The van der Waals surface area contributed by atoms with Gasteiger partial charge < -0.3 is 15.3 Å². The first kappa shape index (κ1) is 13.7. The second-order valence-corrected chi connectivity index (χ2v) is 4.70. The predicted molar refractivity (Wildman–Crippen MR) is 69.9 cm³/mol. The molecule has 2 N–H and O–H groups in total. The topological polar surface area (TPSA) is 65.5 Å². The van der Waals surface area contributed by atoms with Crippen molar-refractivity contribution in [2.45, 2.75) is 25.8 Å². The van der Waals surface area contributed by atoms with E-state index < -0.39 is 11.8 Å². The summed E-state index contributed by atoms with van der Waals surface area (Å²) in [7, 11) is 0. The Morgan fingerprint density at radius 2 is 2.47 bits per heavy atom. The highest BCUT2D eigenvalue weighted by Gasteiger charge is 2.21. The number of carbonyl (C=O) groups is 1. The van der Waals surface area contributed by atoms with E-state index in [1.165, 1.54) is 12.3 Å². The quantitative estimate of drug-likeness (QED) is 0.871. The van der Waals surface area contributed by atoms with Crippen LogP contribution in [0.5, 0.6) is 0 Å². The molecule has 0 saturated carbocycles. The van der Waals surface area contributed by atoms with E-state index in [1.807, 2.05) is 0 Å². The lowest BCUT2D eigenvalue weighted by Gasteiger charge is -2.32. The van der Waals surface area contributed by atoms with Gasteiger partial charge in [-0.15, -0.1) is 0 Å². The second-order valence-electron chi connectivity index (χ2n) is 4.70. The molecule has 2 rings (SSSR count). The van der Waals surface area contributed by atoms with Crippen molar-refractivity contribution in [2.24, 2.45) is 0 Å². The van der Waals surface area contributed by atoms with Crippen LogP contribution in [0.1, 0.15) is 30.1 Å². The fourth-order valence-electron chi connectivity index (χ4n) is 2.36. The number of nitrogens with zero attached hydrogens (tertiary/aromatic N) is 2. The van der Waals surface area contributed by atoms with Gasteiger partial charge in [-0.05, 0) is 32.0 Å². The van der Waals surface area contributed by atoms with E-state index in [4.69, 9.17) is 5.11 Å². The lowest BCUT2D eigenvalue weighted by Crippen LogP contribution is -2.42. The molecule has 1 unspecified atom stereocenters. The third-order valence-corrected chi connectivity index (χ3v) is 3.41. The van der Waals surface area contributed by atoms with E-state index in [0.717, 1.165) is 32.5 Å². The zero-order valence-electron chi connectivity index (χ0n) is 10.9. The number of hydrogen-bond acceptors (Lipinski definition) is 4. The summed E-state index contributed by atoms with van der Waals surface area (Å²) in [5, 5.41) is 11.9. The fourth-order valence-corrected chi connectivity index (χ4v) is 2.36. The molecule has 0 radical (unpaired) electrons. The molecule has 1 saturated heterocycles. The minimum absolute atomic E-state index is 0.0304. The first-order valence-electron chi connectivity index (χ1n) is 6.48. The molecule has 1 aromatic rings. The largest absolute Gasteiger partial charge is 0.478 e. The summed E-state index contributed by atoms with van der Waals surface area (Å²) in [6.07, 6.45) is 3.30. The number of aromatic carboxylic acids is 1. The van der Waals surface area contributed by atoms with Crippen LogP contribution < -0.4 is 5.32 Å². The summed E-state index contributed by atoms with van der Waals surface area (Å²) < 4.78 is 13.9. The van der Waals surface area contributed by atoms with Crippen LogP contribution >= 0.6 is 0 Å². The van der Waals surface area contributed by atoms with Crippen LogP contribution in [0.3, 0.4) is 0 Å². The zero-order valence-corrected chi connectivity index (χ0v) is 10.9. The van der Waals surface area contributed by atoms with Crippen LogP contribution in [0, 0.1) is 5.82 Å². The van der Waals surface area contributed by atoms with Gasteiger partial charge in [-0.3, -0.25) is 0 Å². The fraction of sp³-hybridized carbons (Fsp3) is 0.538. The van der Waals surface area contributed by atoms with Gasteiger partial charge in [-0.1, -0.05) is 6.92 Å². The van der Waals surface area contributed by atoms with E-state index in [9.17, 15) is 9.18 Å². The van der Waals surface area contributed by atoms with Crippen molar-refractivity contribution >= 4 is 11.8 Å². The maximum absolute atomic E-state index is 13.9. The van der Waals surface area contributed by atoms with Gasteiger partial charge >= 0.3 is 5.97 Å². The molecule has 1 fully saturated rings. The first-order chi connectivity index (χ1) is 9.11. The van der Waals surface area contributed by atoms with Gasteiger partial charge in [-0.25, -0.2) is 14.2 Å². The second kappa shape index (κ2) is 5.97. The number of piperidine rings is 1. The molecule has 0 aliphatic carbocycles. The van der Waals surface area contributed by atoms with Crippen molar-refractivity contribution in [2.75, 3.05) is 25.0 Å².